The fourth-order valence-electron chi connectivity index (χ4n) is 2.14. The van der Waals surface area contributed by atoms with E-state index in [1.165, 1.54) is 35.7 Å². The van der Waals surface area contributed by atoms with Gasteiger partial charge in [0.1, 0.15) is 0 Å². The maximum atomic E-state index is 3.53. The van der Waals surface area contributed by atoms with E-state index in [4.69, 9.17) is 0 Å². The summed E-state index contributed by atoms with van der Waals surface area (Å²) in [5.74, 6) is 1.04. The first-order valence-corrected chi connectivity index (χ1v) is 6.99. The molecule has 1 saturated carbocycles. The van der Waals surface area contributed by atoms with E-state index in [0.717, 1.165) is 12.3 Å². The maximum absolute atomic E-state index is 3.53. The van der Waals surface area contributed by atoms with Crippen molar-refractivity contribution >= 4 is 15.9 Å². The summed E-state index contributed by atoms with van der Waals surface area (Å²) in [7, 11) is 2.08. The summed E-state index contributed by atoms with van der Waals surface area (Å²) in [5, 5.41) is 3.44. The van der Waals surface area contributed by atoms with Gasteiger partial charge in [-0.15, -0.1) is 0 Å². The summed E-state index contributed by atoms with van der Waals surface area (Å²) in [5.41, 5.74) is 1.42. The van der Waals surface area contributed by atoms with Crippen molar-refractivity contribution in [3.63, 3.8) is 0 Å². The average molecular weight is 282 g/mol. The molecule has 1 aromatic carbocycles. The molecule has 0 radical (unpaired) electrons. The van der Waals surface area contributed by atoms with Crippen molar-refractivity contribution in [3.8, 4) is 0 Å². The minimum atomic E-state index is 0.634. The Hall–Kier alpha value is -0.340. The number of halogens is 1. The Morgan fingerprint density at radius 2 is 2.25 bits per heavy atom. The van der Waals surface area contributed by atoms with Crippen molar-refractivity contribution in [1.29, 1.82) is 0 Å². The van der Waals surface area contributed by atoms with Crippen molar-refractivity contribution in [2.45, 2.75) is 38.1 Å². The van der Waals surface area contributed by atoms with Gasteiger partial charge in [0.15, 0.2) is 0 Å². The summed E-state index contributed by atoms with van der Waals surface area (Å²) in [6.45, 7) is 0. The largest absolute Gasteiger partial charge is 0.317 e. The molecule has 1 aliphatic rings. The molecule has 0 saturated heterocycles. The first-order chi connectivity index (χ1) is 7.78. The lowest BCUT2D eigenvalue weighted by molar-refractivity contribution is 0.485. The molecule has 2 heteroatoms. The van der Waals surface area contributed by atoms with Crippen LogP contribution in [0.5, 0.6) is 0 Å². The van der Waals surface area contributed by atoms with Gasteiger partial charge in [-0.3, -0.25) is 0 Å². The lowest BCUT2D eigenvalue weighted by Gasteiger charge is -2.16. The van der Waals surface area contributed by atoms with Gasteiger partial charge in [-0.25, -0.2) is 0 Å². The summed E-state index contributed by atoms with van der Waals surface area (Å²) in [4.78, 5) is 0. The van der Waals surface area contributed by atoms with E-state index in [0.29, 0.717) is 6.04 Å². The van der Waals surface area contributed by atoms with Crippen LogP contribution < -0.4 is 5.32 Å². The number of likely N-dealkylation sites (N-methyl/N-ethyl adjacent to an activating group) is 1. The average Bonchev–Trinajstić information content (AvgIpc) is 3.08. The van der Waals surface area contributed by atoms with Gasteiger partial charge in [0.25, 0.3) is 0 Å². The molecule has 88 valence electrons. The highest BCUT2D eigenvalue weighted by Crippen LogP contribution is 2.34. The van der Waals surface area contributed by atoms with E-state index in [1.54, 1.807) is 0 Å². The molecule has 0 aromatic heterocycles. The normalized spacial score (nSPS) is 17.4. The van der Waals surface area contributed by atoms with E-state index in [9.17, 15) is 0 Å². The van der Waals surface area contributed by atoms with Crippen molar-refractivity contribution < 1.29 is 0 Å². The zero-order valence-corrected chi connectivity index (χ0v) is 11.5. The van der Waals surface area contributed by atoms with Gasteiger partial charge < -0.3 is 5.32 Å². The molecule has 1 aliphatic carbocycles. The fraction of sp³-hybridized carbons (Fsp3) is 0.571. The molecule has 16 heavy (non-hydrogen) atoms. The number of rotatable bonds is 6. The van der Waals surface area contributed by atoms with Gasteiger partial charge in [0.05, 0.1) is 0 Å². The number of hydrogen-bond acceptors (Lipinski definition) is 1. The highest BCUT2D eigenvalue weighted by molar-refractivity contribution is 9.10. The Bertz CT molecular complexity index is 333. The Morgan fingerprint density at radius 1 is 1.44 bits per heavy atom. The van der Waals surface area contributed by atoms with Crippen molar-refractivity contribution in [3.05, 3.63) is 34.3 Å². The van der Waals surface area contributed by atoms with Crippen LogP contribution >= 0.6 is 15.9 Å². The number of hydrogen-bond donors (Lipinski definition) is 1. The molecule has 0 heterocycles. The molecule has 0 amide bonds. The second kappa shape index (κ2) is 5.83. The zero-order chi connectivity index (χ0) is 11.4. The molecular weight excluding hydrogens is 262 g/mol. The predicted octanol–water partition coefficient (Wildman–Crippen LogP) is 3.77. The van der Waals surface area contributed by atoms with Crippen molar-refractivity contribution in [2.24, 2.45) is 5.92 Å². The Morgan fingerprint density at radius 3 is 2.88 bits per heavy atom. The first-order valence-electron chi connectivity index (χ1n) is 6.19. The van der Waals surface area contributed by atoms with Crippen LogP contribution in [0.2, 0.25) is 0 Å². The van der Waals surface area contributed by atoms with Crippen LogP contribution in [0.15, 0.2) is 28.7 Å². The van der Waals surface area contributed by atoms with Crippen LogP contribution in [0.3, 0.4) is 0 Å². The smallest absolute Gasteiger partial charge is 0.0178 e. The number of nitrogens with one attached hydrogen (secondary N) is 1. The Balaban J connectivity index is 1.84. The van der Waals surface area contributed by atoms with Gasteiger partial charge in [-0.05, 0) is 49.9 Å². The second-order valence-corrected chi connectivity index (χ2v) is 5.76. The third-order valence-electron chi connectivity index (χ3n) is 3.40. The van der Waals surface area contributed by atoms with E-state index < -0.39 is 0 Å². The lowest BCUT2D eigenvalue weighted by atomic mass is 10.0. The monoisotopic (exact) mass is 281 g/mol. The molecule has 0 bridgehead atoms. The van der Waals surface area contributed by atoms with Gasteiger partial charge in [-0.2, -0.15) is 0 Å². The molecule has 1 nitrogen and oxygen atoms in total. The van der Waals surface area contributed by atoms with Crippen LogP contribution in [0, 0.1) is 5.92 Å². The molecular formula is C14H20BrN. The molecule has 1 fully saturated rings. The quantitative estimate of drug-likeness (QED) is 0.837. The van der Waals surface area contributed by atoms with Crippen molar-refractivity contribution in [1.82, 2.24) is 5.32 Å². The first kappa shape index (κ1) is 12.1. The third kappa shape index (κ3) is 3.91. The molecule has 1 aromatic rings. The van der Waals surface area contributed by atoms with E-state index >= 15 is 0 Å². The highest BCUT2D eigenvalue weighted by Gasteiger charge is 2.22. The Kier molecular flexibility index (Phi) is 4.42. The summed E-state index contributed by atoms with van der Waals surface area (Å²) >= 11 is 3.53. The van der Waals surface area contributed by atoms with Crippen LogP contribution in [-0.2, 0) is 6.42 Å². The minimum Gasteiger partial charge on any atom is -0.317 e. The lowest BCUT2D eigenvalue weighted by Crippen LogP contribution is -2.27. The summed E-state index contributed by atoms with van der Waals surface area (Å²) in [6, 6.07) is 9.28. The predicted molar refractivity (Wildman–Crippen MR) is 72.7 cm³/mol. The van der Waals surface area contributed by atoms with Gasteiger partial charge in [0, 0.05) is 10.5 Å². The van der Waals surface area contributed by atoms with E-state index in [1.807, 2.05) is 0 Å². The fourth-order valence-corrected chi connectivity index (χ4v) is 2.59. The standard InChI is InChI=1S/C14H20BrN/c1-16-14(8-7-11-5-6-11)10-12-3-2-4-13(15)9-12/h2-4,9,11,14,16H,5-8,10H2,1H3. The van der Waals surface area contributed by atoms with Crippen LogP contribution in [0.25, 0.3) is 0 Å². The third-order valence-corrected chi connectivity index (χ3v) is 3.89. The summed E-state index contributed by atoms with van der Waals surface area (Å²) in [6.07, 6.45) is 6.79. The zero-order valence-electron chi connectivity index (χ0n) is 9.88. The van der Waals surface area contributed by atoms with Crippen LogP contribution in [0.4, 0.5) is 0 Å². The highest BCUT2D eigenvalue weighted by atomic mass is 79.9. The van der Waals surface area contributed by atoms with Gasteiger partial charge >= 0.3 is 0 Å². The van der Waals surface area contributed by atoms with E-state index in [2.05, 4.69) is 52.6 Å². The maximum Gasteiger partial charge on any atom is 0.0178 e. The van der Waals surface area contributed by atoms with Gasteiger partial charge in [0.2, 0.25) is 0 Å². The van der Waals surface area contributed by atoms with Crippen LogP contribution in [-0.4, -0.2) is 13.1 Å². The number of benzene rings is 1. The SMILES string of the molecule is CNC(CCC1CC1)Cc1cccc(Br)c1. The van der Waals surface area contributed by atoms with Crippen LogP contribution in [0.1, 0.15) is 31.2 Å². The topological polar surface area (TPSA) is 12.0 Å². The van der Waals surface area contributed by atoms with E-state index in [-0.39, 0.29) is 0 Å². The molecule has 0 aliphatic heterocycles. The second-order valence-electron chi connectivity index (χ2n) is 4.84. The molecule has 1 unspecified atom stereocenters. The summed E-state index contributed by atoms with van der Waals surface area (Å²) < 4.78 is 1.18. The molecule has 1 atom stereocenters. The van der Waals surface area contributed by atoms with Crippen molar-refractivity contribution in [2.75, 3.05) is 7.05 Å². The molecule has 2 rings (SSSR count). The van der Waals surface area contributed by atoms with Gasteiger partial charge in [-0.1, -0.05) is 40.9 Å². The molecule has 1 N–H and O–H groups in total. The molecule has 0 spiro atoms. The Labute approximate surface area is 107 Å². The minimum absolute atomic E-state index is 0.634.